The van der Waals surface area contributed by atoms with Gasteiger partial charge in [-0.25, -0.2) is 19.9 Å². The molecule has 2 aromatic heterocycles. The first-order valence-corrected chi connectivity index (χ1v) is 33.6. The number of hydrogen-bond acceptors (Lipinski definition) is 5. The lowest BCUT2D eigenvalue weighted by Gasteiger charge is -2.29. The average molecular weight is 1050 g/mol. The SMILES string of the molecule is CCCCCCCCCCCCc1ccc(Oc2ccc(CCCCCCCCCCCC)cc2C[C@H]2CC[C@H](c3ncc(CCCCCCC)cn3)CC2)c(C[C@H]2CC[C@H](c3ncc(CCCCCCC)cn3)CC2)c1. The number of aromatic nitrogens is 4. The molecule has 5 heteroatoms. The smallest absolute Gasteiger partial charge is 0.131 e. The molecule has 4 aromatic rings. The second-order valence-electron chi connectivity index (χ2n) is 24.9. The van der Waals surface area contributed by atoms with E-state index >= 15 is 0 Å². The molecule has 77 heavy (non-hydrogen) atoms. The van der Waals surface area contributed by atoms with Gasteiger partial charge in [-0.3, -0.25) is 0 Å². The van der Waals surface area contributed by atoms with Crippen molar-refractivity contribution in [1.82, 2.24) is 19.9 Å². The van der Waals surface area contributed by atoms with Gasteiger partial charge in [0, 0.05) is 36.6 Å². The number of unbranched alkanes of at least 4 members (excludes halogenated alkanes) is 26. The summed E-state index contributed by atoms with van der Waals surface area (Å²) in [4.78, 5) is 19.8. The quantitative estimate of drug-likeness (QED) is 0.0414. The van der Waals surface area contributed by atoms with Gasteiger partial charge in [0.05, 0.1) is 0 Å². The summed E-state index contributed by atoms with van der Waals surface area (Å²) in [5, 5.41) is 0. The molecule has 0 spiro atoms. The highest BCUT2D eigenvalue weighted by atomic mass is 16.5. The molecule has 0 aliphatic heterocycles. The van der Waals surface area contributed by atoms with Gasteiger partial charge in [0.1, 0.15) is 23.1 Å². The molecular weight excluding hydrogens is 937 g/mol. The van der Waals surface area contributed by atoms with Crippen molar-refractivity contribution in [3.63, 3.8) is 0 Å². The van der Waals surface area contributed by atoms with Crippen molar-refractivity contribution < 1.29 is 4.74 Å². The minimum absolute atomic E-state index is 0.475. The summed E-state index contributed by atoms with van der Waals surface area (Å²) in [6, 6.07) is 14.6. The monoisotopic (exact) mass is 1050 g/mol. The summed E-state index contributed by atoms with van der Waals surface area (Å²) in [5.41, 5.74) is 8.42. The van der Waals surface area contributed by atoms with Gasteiger partial charge in [-0.2, -0.15) is 0 Å². The van der Waals surface area contributed by atoms with E-state index in [1.807, 2.05) is 0 Å². The molecule has 0 amide bonds. The van der Waals surface area contributed by atoms with Crippen LogP contribution in [0.2, 0.25) is 0 Å². The molecule has 6 rings (SSSR count). The molecule has 0 radical (unpaired) electrons. The second kappa shape index (κ2) is 38.9. The fourth-order valence-corrected chi connectivity index (χ4v) is 13.0. The third-order valence-corrected chi connectivity index (χ3v) is 18.1. The Kier molecular flexibility index (Phi) is 31.6. The van der Waals surface area contributed by atoms with Crippen LogP contribution in [0.15, 0.2) is 61.2 Å². The van der Waals surface area contributed by atoms with Gasteiger partial charge in [0.2, 0.25) is 0 Å². The maximum Gasteiger partial charge on any atom is 0.131 e. The van der Waals surface area contributed by atoms with Gasteiger partial charge in [0.15, 0.2) is 0 Å². The Labute approximate surface area is 474 Å². The van der Waals surface area contributed by atoms with Crippen LogP contribution in [0.3, 0.4) is 0 Å². The van der Waals surface area contributed by atoms with Gasteiger partial charge in [-0.05, 0) is 173 Å². The Hall–Kier alpha value is -3.60. The molecule has 0 atom stereocenters. The minimum atomic E-state index is 0.475. The highest BCUT2D eigenvalue weighted by molar-refractivity contribution is 5.45. The molecule has 2 saturated carbocycles. The average Bonchev–Trinajstić information content (AvgIpc) is 3.46. The molecular formula is C72H114N4O. The van der Waals surface area contributed by atoms with Crippen LogP contribution in [0.1, 0.15) is 329 Å². The fourth-order valence-electron chi connectivity index (χ4n) is 13.0. The summed E-state index contributed by atoms with van der Waals surface area (Å²) >= 11 is 0. The molecule has 0 unspecified atom stereocenters. The van der Waals surface area contributed by atoms with Crippen molar-refractivity contribution in [1.29, 1.82) is 0 Å². The third-order valence-electron chi connectivity index (χ3n) is 18.1. The van der Waals surface area contributed by atoms with E-state index in [0.29, 0.717) is 23.7 Å². The molecule has 2 heterocycles. The molecule has 2 fully saturated rings. The fraction of sp³-hybridized carbons (Fsp3) is 0.722. The van der Waals surface area contributed by atoms with Gasteiger partial charge in [-0.1, -0.05) is 219 Å². The summed E-state index contributed by atoms with van der Waals surface area (Å²) in [5.74, 6) is 6.57. The van der Waals surface area contributed by atoms with E-state index in [1.165, 1.54) is 290 Å². The van der Waals surface area contributed by atoms with Crippen LogP contribution in [-0.4, -0.2) is 19.9 Å². The highest BCUT2D eigenvalue weighted by Gasteiger charge is 2.28. The highest BCUT2D eigenvalue weighted by Crippen LogP contribution is 2.41. The normalized spacial score (nSPS) is 17.8. The maximum absolute atomic E-state index is 7.30. The number of hydrogen-bond donors (Lipinski definition) is 0. The number of ether oxygens (including phenoxy) is 1. The number of nitrogens with zero attached hydrogens (tertiary/aromatic N) is 4. The number of rotatable bonds is 42. The zero-order valence-electron chi connectivity index (χ0n) is 50.4. The van der Waals surface area contributed by atoms with Gasteiger partial charge >= 0.3 is 0 Å². The molecule has 2 aliphatic carbocycles. The first-order valence-electron chi connectivity index (χ1n) is 33.6. The molecule has 0 saturated heterocycles. The molecule has 0 bridgehead atoms. The zero-order chi connectivity index (χ0) is 53.8. The van der Waals surface area contributed by atoms with Gasteiger partial charge in [0.25, 0.3) is 0 Å². The largest absolute Gasteiger partial charge is 0.457 e. The zero-order valence-corrected chi connectivity index (χ0v) is 50.4. The van der Waals surface area contributed by atoms with Crippen molar-refractivity contribution in [2.45, 2.75) is 322 Å². The van der Waals surface area contributed by atoms with Crippen molar-refractivity contribution in [3.05, 3.63) is 106 Å². The Bertz CT molecular complexity index is 1930. The van der Waals surface area contributed by atoms with Crippen LogP contribution in [0.4, 0.5) is 0 Å². The van der Waals surface area contributed by atoms with E-state index in [0.717, 1.165) is 48.8 Å². The Morgan fingerprint density at radius 2 is 0.597 bits per heavy atom. The lowest BCUT2D eigenvalue weighted by Crippen LogP contribution is -2.18. The second-order valence-corrected chi connectivity index (χ2v) is 24.9. The van der Waals surface area contributed by atoms with Crippen molar-refractivity contribution in [2.24, 2.45) is 11.8 Å². The number of aryl methyl sites for hydroxylation is 4. The first kappa shape index (κ1) is 62.6. The van der Waals surface area contributed by atoms with Gasteiger partial charge < -0.3 is 4.74 Å². The summed E-state index contributed by atoms with van der Waals surface area (Å²) in [6.45, 7) is 9.21. The topological polar surface area (TPSA) is 60.8 Å². The van der Waals surface area contributed by atoms with Crippen molar-refractivity contribution in [2.75, 3.05) is 0 Å². The maximum atomic E-state index is 7.30. The molecule has 2 aliphatic rings. The molecule has 5 nitrogen and oxygen atoms in total. The van der Waals surface area contributed by atoms with E-state index in [1.54, 1.807) is 0 Å². The van der Waals surface area contributed by atoms with E-state index in [-0.39, 0.29) is 0 Å². The van der Waals surface area contributed by atoms with Crippen LogP contribution in [0.5, 0.6) is 11.5 Å². The van der Waals surface area contributed by atoms with Gasteiger partial charge in [-0.15, -0.1) is 0 Å². The Morgan fingerprint density at radius 3 is 0.896 bits per heavy atom. The predicted octanol–water partition coefficient (Wildman–Crippen LogP) is 22.0. The molecule has 428 valence electrons. The summed E-state index contributed by atoms with van der Waals surface area (Å²) in [7, 11) is 0. The van der Waals surface area contributed by atoms with Crippen LogP contribution in [-0.2, 0) is 38.5 Å². The van der Waals surface area contributed by atoms with Crippen LogP contribution >= 0.6 is 0 Å². The Balaban J connectivity index is 1.11. The minimum Gasteiger partial charge on any atom is -0.457 e. The third kappa shape index (κ3) is 24.8. The van der Waals surface area contributed by atoms with E-state index < -0.39 is 0 Å². The lowest BCUT2D eigenvalue weighted by atomic mass is 9.78. The van der Waals surface area contributed by atoms with Crippen LogP contribution in [0.25, 0.3) is 0 Å². The van der Waals surface area contributed by atoms with Crippen LogP contribution < -0.4 is 4.74 Å². The molecule has 0 N–H and O–H groups in total. The Morgan fingerprint density at radius 1 is 0.325 bits per heavy atom. The van der Waals surface area contributed by atoms with Crippen molar-refractivity contribution in [3.8, 4) is 11.5 Å². The lowest BCUT2D eigenvalue weighted by molar-refractivity contribution is 0.312. The first-order chi connectivity index (χ1) is 38.0. The van der Waals surface area contributed by atoms with Crippen LogP contribution in [0, 0.1) is 11.8 Å². The standard InChI is InChI=1S/C72H114N4O/c1-5-9-13-17-19-21-23-25-29-31-35-59-43-49-69(67(51-59)53-61-39-45-65(46-40-61)71-73-55-63(56-74-71)37-33-27-15-11-7-3)77-70-50-44-60(36-32-30-26-24-22-20-18-14-10-6-2)52-68(70)54-62-41-47-66(48-42-62)72-75-57-64(58-76-72)38-34-28-16-12-8-4/h43-44,49-52,55-58,61-62,65-66H,5-42,45-48,53-54H2,1-4H3/t61-,62-,65-,66-. The predicted molar refractivity (Wildman–Crippen MR) is 330 cm³/mol. The van der Waals surface area contributed by atoms with Crippen molar-refractivity contribution >= 4 is 0 Å². The van der Waals surface area contributed by atoms with E-state index in [9.17, 15) is 0 Å². The molecule has 2 aromatic carbocycles. The summed E-state index contributed by atoms with van der Waals surface area (Å²) < 4.78 is 7.30. The number of benzene rings is 2. The van der Waals surface area contributed by atoms with E-state index in [4.69, 9.17) is 24.7 Å². The van der Waals surface area contributed by atoms with E-state index in [2.05, 4.69) is 88.9 Å². The summed E-state index contributed by atoms with van der Waals surface area (Å²) in [6.07, 6.45) is 65.5.